The number of aromatic nitrogens is 2. The third kappa shape index (κ3) is 5.27. The Labute approximate surface area is 389 Å². The second kappa shape index (κ2) is 14.3. The van der Waals surface area contributed by atoms with E-state index in [-0.39, 0.29) is 0 Å². The molecule has 0 atom stereocenters. The molecule has 0 unspecified atom stereocenters. The van der Waals surface area contributed by atoms with Crippen LogP contribution in [0.5, 0.6) is 0 Å². The van der Waals surface area contributed by atoms with Gasteiger partial charge < -0.3 is 9.13 Å². The Kier molecular flexibility index (Phi) is 8.06. The van der Waals surface area contributed by atoms with Gasteiger partial charge in [-0.05, 0) is 125 Å². The highest BCUT2D eigenvalue weighted by Crippen LogP contribution is 2.57. The summed E-state index contributed by atoms with van der Waals surface area (Å²) in [6, 6.07) is 86.6. The molecule has 14 rings (SSSR count). The number of nitrogens with zero attached hydrogens (tertiary/aromatic N) is 2. The predicted molar refractivity (Wildman–Crippen MR) is 283 cm³/mol. The first-order chi connectivity index (χ1) is 33.1. The highest BCUT2D eigenvalue weighted by atomic mass is 14.9. The molecule has 67 heavy (non-hydrogen) atoms. The number of aryl methyl sites for hydroxylation is 2. The molecule has 13 aromatic rings. The highest BCUT2D eigenvalue weighted by molar-refractivity contribution is 6.20. The maximum absolute atomic E-state index is 2.53. The summed E-state index contributed by atoms with van der Waals surface area (Å²) in [5, 5.41) is 10.1. The maximum Gasteiger partial charge on any atom is 0.0713 e. The van der Waals surface area contributed by atoms with Crippen molar-refractivity contribution >= 4 is 65.2 Å². The van der Waals surface area contributed by atoms with E-state index in [1.807, 2.05) is 0 Å². The topological polar surface area (TPSA) is 9.86 Å². The van der Waals surface area contributed by atoms with Crippen LogP contribution in [-0.2, 0) is 19.5 Å². The van der Waals surface area contributed by atoms with Crippen molar-refractivity contribution in [1.82, 2.24) is 9.13 Å². The van der Waals surface area contributed by atoms with Crippen LogP contribution in [0, 0.1) is 0 Å². The summed E-state index contributed by atoms with van der Waals surface area (Å²) < 4.78 is 4.69. The molecular weight excluding hydrogens is 809 g/mol. The molecule has 0 spiro atoms. The van der Waals surface area contributed by atoms with E-state index in [1.54, 1.807) is 0 Å². The molecule has 0 radical (unpaired) electrons. The van der Waals surface area contributed by atoms with Crippen molar-refractivity contribution in [2.75, 3.05) is 0 Å². The third-order valence-corrected chi connectivity index (χ3v) is 15.2. The largest absolute Gasteiger partial charge is 0.344 e. The number of hydrogen-bond donors (Lipinski definition) is 0. The Morgan fingerprint density at radius 2 is 0.701 bits per heavy atom. The lowest BCUT2D eigenvalue weighted by Gasteiger charge is -2.34. The van der Waals surface area contributed by atoms with Gasteiger partial charge in [0, 0.05) is 57.7 Å². The Morgan fingerprint density at radius 3 is 1.27 bits per heavy atom. The summed E-state index contributed by atoms with van der Waals surface area (Å²) in [6.07, 6.45) is 0. The zero-order valence-corrected chi connectivity index (χ0v) is 37.3. The Bertz CT molecular complexity index is 3950. The van der Waals surface area contributed by atoms with Crippen molar-refractivity contribution in [3.8, 4) is 44.5 Å². The lowest BCUT2D eigenvalue weighted by Crippen LogP contribution is -2.28. The number of para-hydroxylation sites is 2. The van der Waals surface area contributed by atoms with Crippen molar-refractivity contribution < 1.29 is 0 Å². The Morgan fingerprint density at radius 1 is 0.269 bits per heavy atom. The summed E-state index contributed by atoms with van der Waals surface area (Å²) in [4.78, 5) is 0. The predicted octanol–water partition coefficient (Wildman–Crippen LogP) is 16.6. The van der Waals surface area contributed by atoms with Crippen molar-refractivity contribution in [2.45, 2.75) is 5.41 Å². The van der Waals surface area contributed by atoms with Crippen molar-refractivity contribution in [2.24, 2.45) is 14.1 Å². The second-order valence-corrected chi connectivity index (χ2v) is 18.5. The summed E-state index contributed by atoms with van der Waals surface area (Å²) >= 11 is 0. The molecule has 0 fully saturated rings. The average molecular weight is 853 g/mol. The van der Waals surface area contributed by atoms with Crippen LogP contribution in [0.1, 0.15) is 22.3 Å². The molecule has 2 nitrogen and oxygen atoms in total. The van der Waals surface area contributed by atoms with Crippen molar-refractivity contribution in [3.05, 3.63) is 253 Å². The standard InChI is InChI=1S/C65H44N2/c1-66-60-29-13-10-22-50(60)52-35-31-41(38-62(52)66)46-24-15-26-54-56(46)40-57-47(42-32-36-53-51-23-11-14-30-61(51)67(2)63(53)39-42)25-16-27-55(57)64(54)43-33-34-49-48-21-9-12-28-58(48)65(59(49)37-43,44-17-5-3-6-18-44)45-19-7-4-8-20-45/h3-40H,1-2H3. The quantitative estimate of drug-likeness (QED) is 0.153. The van der Waals surface area contributed by atoms with Crippen LogP contribution in [-0.4, -0.2) is 9.13 Å². The summed E-state index contributed by atoms with van der Waals surface area (Å²) in [6.45, 7) is 0. The van der Waals surface area contributed by atoms with Gasteiger partial charge in [0.2, 0.25) is 0 Å². The van der Waals surface area contributed by atoms with E-state index in [0.717, 1.165) is 0 Å². The summed E-state index contributed by atoms with van der Waals surface area (Å²) in [5.41, 5.74) is 19.5. The lowest BCUT2D eigenvalue weighted by atomic mass is 9.67. The van der Waals surface area contributed by atoms with Gasteiger partial charge in [0.25, 0.3) is 0 Å². The van der Waals surface area contributed by atoms with E-state index in [1.165, 1.54) is 132 Å². The fourth-order valence-electron chi connectivity index (χ4n) is 12.2. The zero-order chi connectivity index (χ0) is 44.4. The van der Waals surface area contributed by atoms with Gasteiger partial charge in [0.1, 0.15) is 0 Å². The highest BCUT2D eigenvalue weighted by Gasteiger charge is 2.46. The van der Waals surface area contributed by atoms with E-state index in [2.05, 4.69) is 254 Å². The van der Waals surface area contributed by atoms with Gasteiger partial charge in [0.05, 0.1) is 5.41 Å². The first-order valence-corrected chi connectivity index (χ1v) is 23.4. The molecule has 0 N–H and O–H groups in total. The van der Waals surface area contributed by atoms with Gasteiger partial charge in [-0.3, -0.25) is 0 Å². The van der Waals surface area contributed by atoms with Crippen LogP contribution in [0.3, 0.4) is 0 Å². The number of benzene rings is 11. The molecule has 2 aromatic heterocycles. The van der Waals surface area contributed by atoms with Crippen LogP contribution in [0.4, 0.5) is 0 Å². The second-order valence-electron chi connectivity index (χ2n) is 18.5. The number of hydrogen-bond acceptors (Lipinski definition) is 0. The van der Waals surface area contributed by atoms with Gasteiger partial charge in [-0.2, -0.15) is 0 Å². The molecular formula is C65H44N2. The minimum absolute atomic E-state index is 0.511. The molecule has 0 saturated heterocycles. The molecule has 2 heterocycles. The average Bonchev–Trinajstić information content (AvgIpc) is 3.97. The van der Waals surface area contributed by atoms with Gasteiger partial charge in [-0.25, -0.2) is 0 Å². The minimum Gasteiger partial charge on any atom is -0.344 e. The Balaban J connectivity index is 1.08. The fraction of sp³-hybridized carbons (Fsp3) is 0.0462. The van der Waals surface area contributed by atoms with E-state index >= 15 is 0 Å². The smallest absolute Gasteiger partial charge is 0.0713 e. The molecule has 1 aliphatic rings. The maximum atomic E-state index is 2.53. The van der Waals surface area contributed by atoms with Gasteiger partial charge in [-0.1, -0.05) is 194 Å². The van der Waals surface area contributed by atoms with Crippen LogP contribution >= 0.6 is 0 Å². The van der Waals surface area contributed by atoms with Crippen LogP contribution in [0.25, 0.3) is 110 Å². The van der Waals surface area contributed by atoms with E-state index in [4.69, 9.17) is 0 Å². The SMILES string of the molecule is Cn1c2ccccc2c2ccc(-c3cccc4c(-c5ccc6c(c5)C(c5ccccc5)(c5ccccc5)c5ccccc5-6)c5cccc(-c6ccc7c8ccccc8n(C)c7c6)c5cc34)cc21. The summed E-state index contributed by atoms with van der Waals surface area (Å²) in [5.74, 6) is 0. The minimum atomic E-state index is -0.511. The molecule has 11 aromatic carbocycles. The van der Waals surface area contributed by atoms with Crippen molar-refractivity contribution in [3.63, 3.8) is 0 Å². The van der Waals surface area contributed by atoms with Crippen molar-refractivity contribution in [1.29, 1.82) is 0 Å². The molecule has 1 aliphatic carbocycles. The van der Waals surface area contributed by atoms with Crippen LogP contribution in [0.2, 0.25) is 0 Å². The van der Waals surface area contributed by atoms with Crippen LogP contribution < -0.4 is 0 Å². The number of rotatable bonds is 5. The monoisotopic (exact) mass is 852 g/mol. The molecule has 0 aliphatic heterocycles. The molecule has 0 amide bonds. The van der Waals surface area contributed by atoms with E-state index < -0.39 is 5.41 Å². The third-order valence-electron chi connectivity index (χ3n) is 15.2. The first-order valence-electron chi connectivity index (χ1n) is 23.4. The summed E-state index contributed by atoms with van der Waals surface area (Å²) in [7, 11) is 4.39. The molecule has 314 valence electrons. The van der Waals surface area contributed by atoms with Gasteiger partial charge in [0.15, 0.2) is 0 Å². The zero-order valence-electron chi connectivity index (χ0n) is 37.3. The number of fused-ring (bicyclic) bond motifs is 11. The lowest BCUT2D eigenvalue weighted by molar-refractivity contribution is 0.769. The molecule has 0 saturated carbocycles. The van der Waals surface area contributed by atoms with Crippen LogP contribution in [0.15, 0.2) is 231 Å². The fourth-order valence-corrected chi connectivity index (χ4v) is 12.2. The first kappa shape index (κ1) is 37.9. The van der Waals surface area contributed by atoms with Gasteiger partial charge >= 0.3 is 0 Å². The van der Waals surface area contributed by atoms with E-state index in [9.17, 15) is 0 Å². The van der Waals surface area contributed by atoms with E-state index in [0.29, 0.717) is 0 Å². The molecule has 2 heteroatoms. The normalized spacial score (nSPS) is 13.0. The molecule has 0 bridgehead atoms. The van der Waals surface area contributed by atoms with Gasteiger partial charge in [-0.15, -0.1) is 0 Å². The Hall–Kier alpha value is -8.46.